The van der Waals surface area contributed by atoms with E-state index >= 15 is 0 Å². The molecule has 0 spiro atoms. The maximum Gasteiger partial charge on any atom is 0.309 e. The molecule has 44 heavy (non-hydrogen) atoms. The van der Waals surface area contributed by atoms with Crippen molar-refractivity contribution in [2.24, 2.45) is 0 Å². The highest BCUT2D eigenvalue weighted by Gasteiger charge is 2.32. The lowest BCUT2D eigenvalue weighted by Crippen LogP contribution is -2.48. The number of carbonyl (C=O) groups is 2. The zero-order valence-corrected chi connectivity index (χ0v) is 25.6. The summed E-state index contributed by atoms with van der Waals surface area (Å²) in [7, 11) is 0. The van der Waals surface area contributed by atoms with Gasteiger partial charge in [-0.15, -0.1) is 0 Å². The van der Waals surface area contributed by atoms with Crippen molar-refractivity contribution >= 4 is 11.9 Å². The zero-order chi connectivity index (χ0) is 30.7. The molecular formula is C35H42N2O7. The molecule has 2 aliphatic rings. The maximum absolute atomic E-state index is 13.3. The zero-order valence-electron chi connectivity index (χ0n) is 25.6. The largest absolute Gasteiger partial charge is 0.493 e. The number of nitrogens with zero attached hydrogens (tertiary/aromatic N) is 1. The first kappa shape index (κ1) is 31.2. The van der Waals surface area contributed by atoms with Crippen LogP contribution in [0.4, 0.5) is 0 Å². The van der Waals surface area contributed by atoms with Crippen molar-refractivity contribution in [3.05, 3.63) is 83.4 Å². The number of hydrogen-bond donors (Lipinski definition) is 1. The quantitative estimate of drug-likeness (QED) is 0.253. The number of carbonyl (C=O) groups excluding carboxylic acids is 2. The van der Waals surface area contributed by atoms with Gasteiger partial charge in [0.15, 0.2) is 11.5 Å². The van der Waals surface area contributed by atoms with Crippen molar-refractivity contribution in [3.8, 4) is 23.0 Å². The van der Waals surface area contributed by atoms with Gasteiger partial charge in [-0.05, 0) is 81.7 Å². The van der Waals surface area contributed by atoms with E-state index in [0.29, 0.717) is 42.8 Å². The van der Waals surface area contributed by atoms with Crippen LogP contribution in [-0.4, -0.2) is 68.9 Å². The molecule has 9 nitrogen and oxygen atoms in total. The molecule has 0 aliphatic carbocycles. The fraction of sp³-hybridized carbons (Fsp3) is 0.429. The molecule has 2 heterocycles. The van der Waals surface area contributed by atoms with E-state index in [1.807, 2.05) is 80.6 Å². The van der Waals surface area contributed by atoms with E-state index in [1.165, 1.54) is 0 Å². The SMILES string of the molecule is Cc1ccc(OCCC(=O)NC(CN2CCCC2)C(OC(=O)CCOc2ccc(C)cc2)c2ccc3c(c2)OCCO3)cc1. The third-order valence-electron chi connectivity index (χ3n) is 7.73. The second-order valence-corrected chi connectivity index (χ2v) is 11.3. The molecule has 0 aromatic heterocycles. The Hall–Kier alpha value is -4.24. The van der Waals surface area contributed by atoms with Gasteiger partial charge in [0.05, 0.1) is 32.1 Å². The Labute approximate surface area is 259 Å². The van der Waals surface area contributed by atoms with Crippen LogP contribution in [0.3, 0.4) is 0 Å². The van der Waals surface area contributed by atoms with Crippen molar-refractivity contribution in [1.29, 1.82) is 0 Å². The van der Waals surface area contributed by atoms with Gasteiger partial charge in [-0.2, -0.15) is 0 Å². The lowest BCUT2D eigenvalue weighted by molar-refractivity contribution is -0.153. The Balaban J connectivity index is 1.29. The summed E-state index contributed by atoms with van der Waals surface area (Å²) in [6.07, 6.45) is 1.66. The summed E-state index contributed by atoms with van der Waals surface area (Å²) >= 11 is 0. The highest BCUT2D eigenvalue weighted by atomic mass is 16.6. The molecule has 0 bridgehead atoms. The van der Waals surface area contributed by atoms with Crippen molar-refractivity contribution in [2.45, 2.75) is 51.7 Å². The van der Waals surface area contributed by atoms with Gasteiger partial charge in [-0.3, -0.25) is 9.59 Å². The van der Waals surface area contributed by atoms with Crippen LogP contribution < -0.4 is 24.3 Å². The van der Waals surface area contributed by atoms with E-state index in [-0.39, 0.29) is 32.0 Å². The number of rotatable bonds is 14. The van der Waals surface area contributed by atoms with Crippen LogP contribution in [-0.2, 0) is 14.3 Å². The van der Waals surface area contributed by atoms with Crippen molar-refractivity contribution in [2.75, 3.05) is 46.1 Å². The second-order valence-electron chi connectivity index (χ2n) is 11.3. The molecular weight excluding hydrogens is 560 g/mol. The Morgan fingerprint density at radius 1 is 0.795 bits per heavy atom. The molecule has 2 aliphatic heterocycles. The predicted octanol–water partition coefficient (Wildman–Crippen LogP) is 5.18. The molecule has 2 atom stereocenters. The van der Waals surface area contributed by atoms with Gasteiger partial charge in [0.2, 0.25) is 5.91 Å². The molecule has 1 saturated heterocycles. The van der Waals surface area contributed by atoms with E-state index in [4.69, 9.17) is 23.7 Å². The fourth-order valence-corrected chi connectivity index (χ4v) is 5.34. The number of fused-ring (bicyclic) bond motifs is 1. The van der Waals surface area contributed by atoms with Gasteiger partial charge in [-0.1, -0.05) is 41.5 Å². The number of aryl methyl sites for hydroxylation is 2. The van der Waals surface area contributed by atoms with Gasteiger partial charge in [0, 0.05) is 6.54 Å². The second kappa shape index (κ2) is 15.5. The number of hydrogen-bond acceptors (Lipinski definition) is 8. The molecule has 0 saturated carbocycles. The minimum Gasteiger partial charge on any atom is -0.493 e. The molecule has 0 radical (unpaired) electrons. The normalized spacial score (nSPS) is 15.7. The van der Waals surface area contributed by atoms with Crippen molar-refractivity contribution in [1.82, 2.24) is 10.2 Å². The number of nitrogens with one attached hydrogen (secondary N) is 1. The van der Waals surface area contributed by atoms with Crippen molar-refractivity contribution in [3.63, 3.8) is 0 Å². The number of esters is 1. The number of ether oxygens (including phenoxy) is 5. The summed E-state index contributed by atoms with van der Waals surface area (Å²) in [4.78, 5) is 28.8. The van der Waals surface area contributed by atoms with Crippen molar-refractivity contribution < 1.29 is 33.3 Å². The summed E-state index contributed by atoms with van der Waals surface area (Å²) in [6.45, 7) is 7.73. The summed E-state index contributed by atoms with van der Waals surface area (Å²) in [5.74, 6) is 2.05. The van der Waals surface area contributed by atoms with Gasteiger partial charge in [0.1, 0.15) is 30.8 Å². The molecule has 1 N–H and O–H groups in total. The fourth-order valence-electron chi connectivity index (χ4n) is 5.34. The smallest absolute Gasteiger partial charge is 0.309 e. The molecule has 3 aromatic carbocycles. The van der Waals surface area contributed by atoms with Gasteiger partial charge < -0.3 is 33.9 Å². The number of benzene rings is 3. The van der Waals surface area contributed by atoms with E-state index in [0.717, 1.165) is 42.6 Å². The lowest BCUT2D eigenvalue weighted by atomic mass is 10.00. The third kappa shape index (κ3) is 9.13. The van der Waals surface area contributed by atoms with Crippen LogP contribution in [0.2, 0.25) is 0 Å². The minimum absolute atomic E-state index is 0.0592. The minimum atomic E-state index is -0.750. The first-order chi connectivity index (χ1) is 21.4. The molecule has 3 aromatic rings. The summed E-state index contributed by atoms with van der Waals surface area (Å²) < 4.78 is 29.3. The van der Waals surface area contributed by atoms with E-state index in [9.17, 15) is 9.59 Å². The van der Waals surface area contributed by atoms with E-state index < -0.39 is 18.1 Å². The Morgan fingerprint density at radius 3 is 2.02 bits per heavy atom. The third-order valence-corrected chi connectivity index (χ3v) is 7.73. The maximum atomic E-state index is 13.3. The van der Waals surface area contributed by atoms with Crippen LogP contribution in [0.25, 0.3) is 0 Å². The van der Waals surface area contributed by atoms with Crippen LogP contribution in [0.15, 0.2) is 66.7 Å². The summed E-state index contributed by atoms with van der Waals surface area (Å²) in [6, 6.07) is 20.5. The molecule has 5 rings (SSSR count). The van der Waals surface area contributed by atoms with Crippen LogP contribution in [0, 0.1) is 13.8 Å². The van der Waals surface area contributed by atoms with Gasteiger partial charge in [0.25, 0.3) is 0 Å². The highest BCUT2D eigenvalue weighted by Crippen LogP contribution is 2.35. The van der Waals surface area contributed by atoms with Crippen LogP contribution >= 0.6 is 0 Å². The molecule has 9 heteroatoms. The van der Waals surface area contributed by atoms with E-state index in [2.05, 4.69) is 10.2 Å². The van der Waals surface area contributed by atoms with Gasteiger partial charge >= 0.3 is 5.97 Å². The standard InChI is InChI=1S/C35H42N2O7/c1-25-5-10-28(11-6-25)40-19-15-33(38)36-30(24-37-17-3-4-18-37)35(27-9-14-31-32(23-27)43-22-21-42-31)44-34(39)16-20-41-29-12-7-26(2)8-13-29/h5-14,23,30,35H,3-4,15-22,24H2,1-2H3,(H,36,38). The topological polar surface area (TPSA) is 95.6 Å². The Morgan fingerprint density at radius 2 is 1.39 bits per heavy atom. The summed E-state index contributed by atoms with van der Waals surface area (Å²) in [5.41, 5.74) is 3.00. The molecule has 2 unspecified atom stereocenters. The van der Waals surface area contributed by atoms with Gasteiger partial charge in [-0.25, -0.2) is 0 Å². The lowest BCUT2D eigenvalue weighted by Gasteiger charge is -2.32. The first-order valence-corrected chi connectivity index (χ1v) is 15.4. The number of likely N-dealkylation sites (tertiary alicyclic amines) is 1. The monoisotopic (exact) mass is 602 g/mol. The van der Waals surface area contributed by atoms with Crippen LogP contribution in [0.5, 0.6) is 23.0 Å². The molecule has 1 fully saturated rings. The molecule has 234 valence electrons. The van der Waals surface area contributed by atoms with Crippen LogP contribution in [0.1, 0.15) is 48.5 Å². The summed E-state index contributed by atoms with van der Waals surface area (Å²) in [5, 5.41) is 3.17. The Kier molecular flexibility index (Phi) is 11.0. The predicted molar refractivity (Wildman–Crippen MR) is 166 cm³/mol. The highest BCUT2D eigenvalue weighted by molar-refractivity contribution is 5.76. The first-order valence-electron chi connectivity index (χ1n) is 15.4. The average Bonchev–Trinajstić information content (AvgIpc) is 3.54. The number of amides is 1. The average molecular weight is 603 g/mol. The van der Waals surface area contributed by atoms with E-state index in [1.54, 1.807) is 0 Å². The molecule has 1 amide bonds. The Bertz CT molecular complexity index is 1370.